The van der Waals surface area contributed by atoms with Gasteiger partial charge in [-0.3, -0.25) is 9.48 Å². The van der Waals surface area contributed by atoms with Crippen LogP contribution in [0, 0.1) is 0 Å². The largest absolute Gasteiger partial charge is 0.352 e. The van der Waals surface area contributed by atoms with Crippen molar-refractivity contribution >= 4 is 28.5 Å². The average Bonchev–Trinajstić information content (AvgIpc) is 2.60. The summed E-state index contributed by atoms with van der Waals surface area (Å²) in [6, 6.07) is 0. The summed E-state index contributed by atoms with van der Waals surface area (Å²) in [5.74, 6) is -0.00944. The van der Waals surface area contributed by atoms with E-state index in [2.05, 4.69) is 33.0 Å². The Labute approximate surface area is 104 Å². The van der Waals surface area contributed by atoms with Gasteiger partial charge in [0.2, 0.25) is 0 Å². The van der Waals surface area contributed by atoms with Crippen molar-refractivity contribution in [3.8, 4) is 0 Å². The predicted molar refractivity (Wildman–Crippen MR) is 68.4 cm³/mol. The maximum Gasteiger partial charge on any atom is 0.254 e. The van der Waals surface area contributed by atoms with Gasteiger partial charge in [-0.2, -0.15) is 5.10 Å². The van der Waals surface area contributed by atoms with Gasteiger partial charge in [-0.1, -0.05) is 29.5 Å². The smallest absolute Gasteiger partial charge is 0.254 e. The standard InChI is InChI=1S/C10H16IN3O/c1-3-9-8(7-14(2)13-9)10(15)12-6-4-5-11/h7H,3-6H2,1-2H3,(H,12,15). The van der Waals surface area contributed by atoms with Crippen LogP contribution in [0.1, 0.15) is 29.4 Å². The molecule has 15 heavy (non-hydrogen) atoms. The highest BCUT2D eigenvalue weighted by molar-refractivity contribution is 14.1. The van der Waals surface area contributed by atoms with Crippen LogP contribution >= 0.6 is 22.6 Å². The highest BCUT2D eigenvalue weighted by atomic mass is 127. The number of alkyl halides is 1. The molecular weight excluding hydrogens is 305 g/mol. The molecule has 84 valence electrons. The first-order chi connectivity index (χ1) is 7.19. The summed E-state index contributed by atoms with van der Waals surface area (Å²) in [7, 11) is 1.83. The quantitative estimate of drug-likeness (QED) is 0.508. The Hall–Kier alpha value is -0.590. The van der Waals surface area contributed by atoms with Gasteiger partial charge in [-0.05, 0) is 12.8 Å². The Morgan fingerprint density at radius 2 is 2.40 bits per heavy atom. The monoisotopic (exact) mass is 321 g/mol. The molecule has 1 aromatic heterocycles. The summed E-state index contributed by atoms with van der Waals surface area (Å²) in [4.78, 5) is 11.7. The average molecular weight is 321 g/mol. The third kappa shape index (κ3) is 3.48. The molecule has 0 radical (unpaired) electrons. The van der Waals surface area contributed by atoms with Crippen molar-refractivity contribution in [2.75, 3.05) is 11.0 Å². The first-order valence-electron chi connectivity index (χ1n) is 5.05. The fraction of sp³-hybridized carbons (Fsp3) is 0.600. The lowest BCUT2D eigenvalue weighted by molar-refractivity contribution is 0.0953. The molecule has 0 atom stereocenters. The highest BCUT2D eigenvalue weighted by Gasteiger charge is 2.13. The first kappa shape index (κ1) is 12.5. The van der Waals surface area contributed by atoms with Gasteiger partial charge in [-0.25, -0.2) is 0 Å². The molecule has 0 aromatic carbocycles. The predicted octanol–water partition coefficient (Wildman–Crippen LogP) is 1.54. The second-order valence-electron chi connectivity index (χ2n) is 3.32. The Morgan fingerprint density at radius 1 is 1.67 bits per heavy atom. The highest BCUT2D eigenvalue weighted by Crippen LogP contribution is 2.06. The normalized spacial score (nSPS) is 10.3. The van der Waals surface area contributed by atoms with Crippen molar-refractivity contribution < 1.29 is 4.79 Å². The number of nitrogens with zero attached hydrogens (tertiary/aromatic N) is 2. The second-order valence-corrected chi connectivity index (χ2v) is 4.39. The summed E-state index contributed by atoms with van der Waals surface area (Å²) in [6.45, 7) is 2.74. The Bertz CT molecular complexity index is 335. The molecule has 1 heterocycles. The van der Waals surface area contributed by atoms with E-state index in [0.717, 1.165) is 29.5 Å². The van der Waals surface area contributed by atoms with E-state index in [1.807, 2.05) is 14.0 Å². The number of amides is 1. The van der Waals surface area contributed by atoms with E-state index in [4.69, 9.17) is 0 Å². The lowest BCUT2D eigenvalue weighted by atomic mass is 10.2. The van der Waals surface area contributed by atoms with Crippen LogP contribution in [0.3, 0.4) is 0 Å². The summed E-state index contributed by atoms with van der Waals surface area (Å²) in [6.07, 6.45) is 3.57. The third-order valence-corrected chi connectivity index (χ3v) is 2.84. The maximum absolute atomic E-state index is 11.7. The summed E-state index contributed by atoms with van der Waals surface area (Å²) in [5.41, 5.74) is 1.57. The van der Waals surface area contributed by atoms with E-state index < -0.39 is 0 Å². The SMILES string of the molecule is CCc1nn(C)cc1C(=O)NCCCI. The van der Waals surface area contributed by atoms with Gasteiger partial charge < -0.3 is 5.32 Å². The van der Waals surface area contributed by atoms with Crippen LogP contribution in [0.5, 0.6) is 0 Å². The Balaban J connectivity index is 2.64. The first-order valence-corrected chi connectivity index (χ1v) is 6.58. The van der Waals surface area contributed by atoms with Crippen LogP contribution < -0.4 is 5.32 Å². The van der Waals surface area contributed by atoms with E-state index in [1.165, 1.54) is 0 Å². The Morgan fingerprint density at radius 3 is 3.00 bits per heavy atom. The van der Waals surface area contributed by atoms with Crippen molar-refractivity contribution in [1.82, 2.24) is 15.1 Å². The van der Waals surface area contributed by atoms with Crippen molar-refractivity contribution in [3.63, 3.8) is 0 Å². The molecule has 0 fully saturated rings. The lowest BCUT2D eigenvalue weighted by Crippen LogP contribution is -2.25. The molecule has 0 aliphatic rings. The topological polar surface area (TPSA) is 46.9 Å². The molecule has 0 spiro atoms. The third-order valence-electron chi connectivity index (χ3n) is 2.08. The molecule has 1 N–H and O–H groups in total. The summed E-state index contributed by atoms with van der Waals surface area (Å²) >= 11 is 2.30. The fourth-order valence-corrected chi connectivity index (χ4v) is 1.73. The molecule has 0 aliphatic carbocycles. The lowest BCUT2D eigenvalue weighted by Gasteiger charge is -2.02. The van der Waals surface area contributed by atoms with Gasteiger partial charge in [-0.15, -0.1) is 0 Å². The fourth-order valence-electron chi connectivity index (χ4n) is 1.35. The van der Waals surface area contributed by atoms with E-state index >= 15 is 0 Å². The molecule has 4 nitrogen and oxygen atoms in total. The molecule has 0 aliphatic heterocycles. The van der Waals surface area contributed by atoms with Crippen LogP contribution in [0.15, 0.2) is 6.20 Å². The minimum Gasteiger partial charge on any atom is -0.352 e. The molecule has 5 heteroatoms. The zero-order valence-electron chi connectivity index (χ0n) is 9.09. The van der Waals surface area contributed by atoms with Crippen LogP contribution in [-0.2, 0) is 13.5 Å². The number of halogens is 1. The van der Waals surface area contributed by atoms with E-state index in [1.54, 1.807) is 10.9 Å². The van der Waals surface area contributed by atoms with Crippen LogP contribution in [-0.4, -0.2) is 26.7 Å². The van der Waals surface area contributed by atoms with E-state index in [-0.39, 0.29) is 5.91 Å². The number of hydrogen-bond acceptors (Lipinski definition) is 2. The van der Waals surface area contributed by atoms with Crippen LogP contribution in [0.4, 0.5) is 0 Å². The van der Waals surface area contributed by atoms with Gasteiger partial charge >= 0.3 is 0 Å². The number of hydrogen-bond donors (Lipinski definition) is 1. The van der Waals surface area contributed by atoms with Crippen molar-refractivity contribution in [3.05, 3.63) is 17.5 Å². The molecule has 1 aromatic rings. The molecule has 1 rings (SSSR count). The Kier molecular flexibility index (Phi) is 5.07. The van der Waals surface area contributed by atoms with Crippen molar-refractivity contribution in [2.24, 2.45) is 7.05 Å². The zero-order valence-corrected chi connectivity index (χ0v) is 11.2. The van der Waals surface area contributed by atoms with Crippen molar-refractivity contribution in [1.29, 1.82) is 0 Å². The minimum atomic E-state index is -0.00944. The maximum atomic E-state index is 11.7. The van der Waals surface area contributed by atoms with Gasteiger partial charge in [0.25, 0.3) is 5.91 Å². The van der Waals surface area contributed by atoms with Crippen LogP contribution in [0.25, 0.3) is 0 Å². The number of carbonyl (C=O) groups excluding carboxylic acids is 1. The number of aryl methyl sites for hydroxylation is 2. The molecule has 0 saturated carbocycles. The second kappa shape index (κ2) is 6.09. The number of aromatic nitrogens is 2. The molecular formula is C10H16IN3O. The number of carbonyl (C=O) groups is 1. The van der Waals surface area contributed by atoms with Crippen molar-refractivity contribution in [2.45, 2.75) is 19.8 Å². The summed E-state index contributed by atoms with van der Waals surface area (Å²) in [5, 5.41) is 7.12. The molecule has 1 amide bonds. The molecule has 0 bridgehead atoms. The van der Waals surface area contributed by atoms with E-state index in [0.29, 0.717) is 5.56 Å². The molecule has 0 saturated heterocycles. The number of nitrogens with one attached hydrogen (secondary N) is 1. The van der Waals surface area contributed by atoms with Gasteiger partial charge in [0.1, 0.15) is 0 Å². The van der Waals surface area contributed by atoms with Crippen LogP contribution in [0.2, 0.25) is 0 Å². The zero-order chi connectivity index (χ0) is 11.3. The summed E-state index contributed by atoms with van der Waals surface area (Å²) < 4.78 is 2.75. The van der Waals surface area contributed by atoms with Gasteiger partial charge in [0.15, 0.2) is 0 Å². The van der Waals surface area contributed by atoms with Gasteiger partial charge in [0, 0.05) is 24.2 Å². The van der Waals surface area contributed by atoms with Gasteiger partial charge in [0.05, 0.1) is 11.3 Å². The number of rotatable bonds is 5. The minimum absolute atomic E-state index is 0.00944. The molecule has 0 unspecified atom stereocenters. The van der Waals surface area contributed by atoms with E-state index in [9.17, 15) is 4.79 Å².